The fourth-order valence-corrected chi connectivity index (χ4v) is 7.01. The molecule has 0 saturated carbocycles. The lowest BCUT2D eigenvalue weighted by Gasteiger charge is -2.35. The van der Waals surface area contributed by atoms with E-state index >= 15 is 0 Å². The Bertz CT molecular complexity index is 1450. The monoisotopic (exact) mass is 491 g/mol. The second-order valence-electron chi connectivity index (χ2n) is 9.37. The maximum Gasteiger partial charge on any atom is 0.260 e. The lowest BCUT2D eigenvalue weighted by Crippen LogP contribution is -2.48. The molecule has 2 aliphatic rings. The lowest BCUT2D eigenvalue weighted by atomic mass is 10.1. The largest absolute Gasteiger partial charge is 0.354 e. The van der Waals surface area contributed by atoms with Crippen LogP contribution in [0.2, 0.25) is 0 Å². The van der Waals surface area contributed by atoms with Gasteiger partial charge >= 0.3 is 0 Å². The van der Waals surface area contributed by atoms with Crippen molar-refractivity contribution in [3.05, 3.63) is 60.7 Å². The van der Waals surface area contributed by atoms with Crippen molar-refractivity contribution in [1.29, 1.82) is 0 Å². The Labute approximate surface area is 205 Å². The maximum absolute atomic E-state index is 13.4. The van der Waals surface area contributed by atoms with Crippen molar-refractivity contribution in [2.45, 2.75) is 30.3 Å². The van der Waals surface area contributed by atoms with Crippen LogP contribution in [-0.4, -0.2) is 73.1 Å². The Kier molecular flexibility index (Phi) is 5.91. The Morgan fingerprint density at radius 2 is 1.71 bits per heavy atom. The highest BCUT2D eigenvalue weighted by Crippen LogP contribution is 2.29. The van der Waals surface area contributed by atoms with Gasteiger partial charge < -0.3 is 9.42 Å². The van der Waals surface area contributed by atoms with Gasteiger partial charge in [0.2, 0.25) is 0 Å². The molecule has 0 unspecified atom stereocenters. The molecule has 0 amide bonds. The van der Waals surface area contributed by atoms with Gasteiger partial charge in [-0.2, -0.15) is 4.31 Å². The number of pyridine rings is 1. The van der Waals surface area contributed by atoms with Gasteiger partial charge in [0.15, 0.2) is 16.4 Å². The molecule has 0 aliphatic carbocycles. The molecule has 2 saturated heterocycles. The maximum atomic E-state index is 13.4. The Balaban J connectivity index is 1.09. The molecule has 4 aromatic rings. The molecule has 0 radical (unpaired) electrons. The van der Waals surface area contributed by atoms with Gasteiger partial charge in [-0.25, -0.2) is 13.4 Å². The molecule has 6 rings (SSSR count). The van der Waals surface area contributed by atoms with Crippen molar-refractivity contribution >= 4 is 37.7 Å². The average molecular weight is 492 g/mol. The Morgan fingerprint density at radius 3 is 2.60 bits per heavy atom. The van der Waals surface area contributed by atoms with Gasteiger partial charge in [-0.3, -0.25) is 4.90 Å². The third-order valence-electron chi connectivity index (χ3n) is 7.28. The molecule has 35 heavy (non-hydrogen) atoms. The summed E-state index contributed by atoms with van der Waals surface area (Å²) in [6.45, 7) is 5.05. The van der Waals surface area contributed by atoms with Crippen LogP contribution >= 0.6 is 0 Å². The predicted octanol–water partition coefficient (Wildman–Crippen LogP) is 3.74. The number of anilines is 1. The van der Waals surface area contributed by atoms with Gasteiger partial charge in [0.05, 0.1) is 10.9 Å². The number of piperazine rings is 1. The molecule has 2 aromatic heterocycles. The summed E-state index contributed by atoms with van der Waals surface area (Å²) >= 11 is 0. The van der Waals surface area contributed by atoms with Gasteiger partial charge in [-0.15, -0.1) is 0 Å². The fourth-order valence-electron chi connectivity index (χ4n) is 5.34. The zero-order chi connectivity index (χ0) is 23.8. The molecule has 4 heterocycles. The predicted molar refractivity (Wildman–Crippen MR) is 136 cm³/mol. The first-order valence-electron chi connectivity index (χ1n) is 12.3. The lowest BCUT2D eigenvalue weighted by molar-refractivity contribution is 0.231. The van der Waals surface area contributed by atoms with Crippen LogP contribution in [0.15, 0.2) is 70.2 Å². The number of benzene rings is 2. The molecule has 2 fully saturated rings. The van der Waals surface area contributed by atoms with Crippen LogP contribution in [0.3, 0.4) is 0 Å². The van der Waals surface area contributed by atoms with E-state index in [2.05, 4.69) is 19.9 Å². The van der Waals surface area contributed by atoms with E-state index in [9.17, 15) is 8.42 Å². The zero-order valence-corrected chi connectivity index (χ0v) is 20.4. The van der Waals surface area contributed by atoms with Gasteiger partial charge in [-0.05, 0) is 56.1 Å². The van der Waals surface area contributed by atoms with Crippen molar-refractivity contribution in [3.8, 4) is 0 Å². The molecule has 182 valence electrons. The molecule has 0 bridgehead atoms. The number of fused-ring (bicyclic) bond motifs is 2. The van der Waals surface area contributed by atoms with Crippen LogP contribution in [0.4, 0.5) is 5.82 Å². The fraction of sp³-hybridized carbons (Fsp3) is 0.385. The van der Waals surface area contributed by atoms with E-state index in [0.29, 0.717) is 12.1 Å². The first-order chi connectivity index (χ1) is 17.1. The summed E-state index contributed by atoms with van der Waals surface area (Å²) in [5, 5.41) is 6.44. The molecule has 1 atom stereocenters. The smallest absolute Gasteiger partial charge is 0.260 e. The van der Waals surface area contributed by atoms with E-state index in [1.165, 1.54) is 0 Å². The van der Waals surface area contributed by atoms with E-state index in [1.54, 1.807) is 10.4 Å². The second-order valence-corrected chi connectivity index (χ2v) is 11.2. The molecule has 9 heteroatoms. The highest BCUT2D eigenvalue weighted by atomic mass is 32.2. The number of para-hydroxylation sites is 2. The number of hydrogen-bond donors (Lipinski definition) is 0. The molecular formula is C26H29N5O3S. The minimum atomic E-state index is -3.61. The van der Waals surface area contributed by atoms with Gasteiger partial charge in [0.1, 0.15) is 0 Å². The van der Waals surface area contributed by atoms with Gasteiger partial charge in [0, 0.05) is 44.2 Å². The molecule has 0 N–H and O–H groups in total. The summed E-state index contributed by atoms with van der Waals surface area (Å²) < 4.78 is 34.1. The van der Waals surface area contributed by atoms with Gasteiger partial charge in [-0.1, -0.05) is 35.5 Å². The highest BCUT2D eigenvalue weighted by Gasteiger charge is 2.36. The number of hydrogen-bond acceptors (Lipinski definition) is 7. The van der Waals surface area contributed by atoms with Crippen molar-refractivity contribution in [2.24, 2.45) is 0 Å². The summed E-state index contributed by atoms with van der Waals surface area (Å²) in [5.41, 5.74) is 1.52. The zero-order valence-electron chi connectivity index (χ0n) is 19.6. The minimum absolute atomic E-state index is 0.0192. The molecule has 2 aromatic carbocycles. The van der Waals surface area contributed by atoms with Crippen LogP contribution in [-0.2, 0) is 10.0 Å². The standard InChI is InChI=1S/C26H29N5O3S/c32-35(33,25-12-11-20-6-1-3-9-23(20)27-25)31-14-5-7-21(31)13-15-29-16-18-30(19-17-29)26-22-8-2-4-10-24(22)34-28-26/h1-4,6,8-12,21H,5,7,13-19H2/t21-/m0/s1. The number of aromatic nitrogens is 2. The van der Waals surface area contributed by atoms with Crippen molar-refractivity contribution in [3.63, 3.8) is 0 Å². The van der Waals surface area contributed by atoms with Crippen molar-refractivity contribution in [2.75, 3.05) is 44.2 Å². The van der Waals surface area contributed by atoms with Crippen LogP contribution in [0, 0.1) is 0 Å². The quantitative estimate of drug-likeness (QED) is 0.406. The third-order valence-corrected chi connectivity index (χ3v) is 9.13. The number of sulfonamides is 1. The summed E-state index contributed by atoms with van der Waals surface area (Å²) in [5.74, 6) is 0.913. The van der Waals surface area contributed by atoms with Crippen molar-refractivity contribution in [1.82, 2.24) is 19.3 Å². The molecular weight excluding hydrogens is 462 g/mol. The van der Waals surface area contributed by atoms with E-state index in [1.807, 2.05) is 54.6 Å². The van der Waals surface area contributed by atoms with Crippen LogP contribution < -0.4 is 4.90 Å². The highest BCUT2D eigenvalue weighted by molar-refractivity contribution is 7.89. The summed E-state index contributed by atoms with van der Waals surface area (Å²) in [7, 11) is -3.61. The molecule has 2 aliphatic heterocycles. The summed E-state index contributed by atoms with van der Waals surface area (Å²) in [6, 6.07) is 19.1. The first-order valence-corrected chi connectivity index (χ1v) is 13.7. The number of nitrogens with zero attached hydrogens (tertiary/aromatic N) is 5. The van der Waals surface area contributed by atoms with Crippen LogP contribution in [0.25, 0.3) is 21.9 Å². The Morgan fingerprint density at radius 1 is 0.914 bits per heavy atom. The van der Waals surface area contributed by atoms with E-state index < -0.39 is 10.0 Å². The first kappa shape index (κ1) is 22.5. The normalized spacial score (nSPS) is 20.2. The summed E-state index contributed by atoms with van der Waals surface area (Å²) in [4.78, 5) is 9.18. The van der Waals surface area contributed by atoms with Crippen LogP contribution in [0.1, 0.15) is 19.3 Å². The second kappa shape index (κ2) is 9.22. The van der Waals surface area contributed by atoms with E-state index in [4.69, 9.17) is 4.52 Å². The Hall–Kier alpha value is -3.01. The van der Waals surface area contributed by atoms with Crippen molar-refractivity contribution < 1.29 is 12.9 Å². The van der Waals surface area contributed by atoms with E-state index in [0.717, 1.165) is 74.2 Å². The minimum Gasteiger partial charge on any atom is -0.354 e. The third kappa shape index (κ3) is 4.28. The van der Waals surface area contributed by atoms with E-state index in [-0.39, 0.29) is 11.1 Å². The average Bonchev–Trinajstić information content (AvgIpc) is 3.55. The summed E-state index contributed by atoms with van der Waals surface area (Å²) in [6.07, 6.45) is 2.63. The topological polar surface area (TPSA) is 82.8 Å². The molecule has 0 spiro atoms. The van der Waals surface area contributed by atoms with Gasteiger partial charge in [0.25, 0.3) is 10.0 Å². The number of rotatable bonds is 6. The van der Waals surface area contributed by atoms with Crippen LogP contribution in [0.5, 0.6) is 0 Å². The molecule has 8 nitrogen and oxygen atoms in total. The SMILES string of the molecule is O=S(=O)(c1ccc2ccccc2n1)N1CCC[C@H]1CCN1CCN(c2noc3ccccc23)CC1.